The van der Waals surface area contributed by atoms with E-state index in [1.807, 2.05) is 0 Å². The molecule has 2 rings (SSSR count). The lowest BCUT2D eigenvalue weighted by Crippen LogP contribution is -2.39. The Bertz CT molecular complexity index is 412. The standard InChI is InChI=1S/C12H15F3N2/c1-7-3-8(2)6-17(5-7)12-10(14)4-9(13)11(15)16-12/h4,7-8H,3,5-6H2,1-2H3. The summed E-state index contributed by atoms with van der Waals surface area (Å²) in [6, 6.07) is 0.557. The van der Waals surface area contributed by atoms with Crippen LogP contribution in [0.4, 0.5) is 19.0 Å². The molecule has 0 N–H and O–H groups in total. The summed E-state index contributed by atoms with van der Waals surface area (Å²) in [6.45, 7) is 5.36. The van der Waals surface area contributed by atoms with Gasteiger partial charge in [-0.2, -0.15) is 9.37 Å². The molecule has 1 aromatic heterocycles. The van der Waals surface area contributed by atoms with Crippen LogP contribution in [0.5, 0.6) is 0 Å². The summed E-state index contributed by atoms with van der Waals surface area (Å²) in [4.78, 5) is 5.07. The van der Waals surface area contributed by atoms with Crippen LogP contribution in [-0.4, -0.2) is 18.1 Å². The quantitative estimate of drug-likeness (QED) is 0.706. The Morgan fingerprint density at radius 3 is 2.29 bits per heavy atom. The largest absolute Gasteiger partial charge is 0.354 e. The minimum Gasteiger partial charge on any atom is -0.354 e. The van der Waals surface area contributed by atoms with E-state index in [9.17, 15) is 13.2 Å². The molecule has 0 amide bonds. The van der Waals surface area contributed by atoms with Crippen molar-refractivity contribution in [2.24, 2.45) is 11.8 Å². The number of hydrogen-bond acceptors (Lipinski definition) is 2. The molecule has 17 heavy (non-hydrogen) atoms. The van der Waals surface area contributed by atoms with E-state index in [1.165, 1.54) is 0 Å². The van der Waals surface area contributed by atoms with Crippen molar-refractivity contribution in [3.05, 3.63) is 23.6 Å². The number of rotatable bonds is 1. The van der Waals surface area contributed by atoms with Crippen molar-refractivity contribution in [3.8, 4) is 0 Å². The lowest BCUT2D eigenvalue weighted by atomic mass is 9.92. The van der Waals surface area contributed by atoms with Gasteiger partial charge in [-0.1, -0.05) is 13.8 Å². The fourth-order valence-electron chi connectivity index (χ4n) is 2.49. The zero-order valence-electron chi connectivity index (χ0n) is 9.88. The van der Waals surface area contributed by atoms with E-state index in [-0.39, 0.29) is 5.82 Å². The Morgan fingerprint density at radius 2 is 1.71 bits per heavy atom. The van der Waals surface area contributed by atoms with Crippen LogP contribution in [0, 0.1) is 29.4 Å². The van der Waals surface area contributed by atoms with Crippen LogP contribution >= 0.6 is 0 Å². The van der Waals surface area contributed by atoms with Gasteiger partial charge in [-0.3, -0.25) is 0 Å². The first-order valence-electron chi connectivity index (χ1n) is 5.74. The van der Waals surface area contributed by atoms with Crippen molar-refractivity contribution in [2.45, 2.75) is 20.3 Å². The highest BCUT2D eigenvalue weighted by Crippen LogP contribution is 2.27. The van der Waals surface area contributed by atoms with E-state index in [1.54, 1.807) is 4.90 Å². The third-order valence-corrected chi connectivity index (χ3v) is 3.04. The summed E-state index contributed by atoms with van der Waals surface area (Å²) in [7, 11) is 0. The summed E-state index contributed by atoms with van der Waals surface area (Å²) < 4.78 is 39.4. The minimum atomic E-state index is -1.25. The second-order valence-electron chi connectivity index (χ2n) is 4.92. The zero-order valence-corrected chi connectivity index (χ0v) is 9.88. The van der Waals surface area contributed by atoms with Gasteiger partial charge < -0.3 is 4.90 Å². The highest BCUT2D eigenvalue weighted by atomic mass is 19.2. The number of halogens is 3. The zero-order chi connectivity index (χ0) is 12.6. The maximum Gasteiger partial charge on any atom is 0.251 e. The summed E-state index contributed by atoms with van der Waals surface area (Å²) in [6.07, 6.45) is 1.06. The van der Waals surface area contributed by atoms with Crippen LogP contribution in [0.3, 0.4) is 0 Å². The fourth-order valence-corrected chi connectivity index (χ4v) is 2.49. The van der Waals surface area contributed by atoms with Crippen LogP contribution in [0.15, 0.2) is 6.07 Å². The van der Waals surface area contributed by atoms with E-state index < -0.39 is 17.6 Å². The Labute approximate surface area is 98.5 Å². The van der Waals surface area contributed by atoms with Gasteiger partial charge in [0.1, 0.15) is 0 Å². The molecule has 1 aliphatic rings. The summed E-state index contributed by atoms with van der Waals surface area (Å²) in [5, 5.41) is 0. The maximum absolute atomic E-state index is 13.6. The molecule has 5 heteroatoms. The van der Waals surface area contributed by atoms with Gasteiger partial charge in [0.05, 0.1) is 0 Å². The Balaban J connectivity index is 2.30. The van der Waals surface area contributed by atoms with Gasteiger partial charge in [0, 0.05) is 19.2 Å². The van der Waals surface area contributed by atoms with E-state index >= 15 is 0 Å². The highest BCUT2D eigenvalue weighted by Gasteiger charge is 2.25. The second-order valence-corrected chi connectivity index (χ2v) is 4.92. The van der Waals surface area contributed by atoms with Gasteiger partial charge in [-0.15, -0.1) is 0 Å². The van der Waals surface area contributed by atoms with Crippen molar-refractivity contribution < 1.29 is 13.2 Å². The monoisotopic (exact) mass is 244 g/mol. The third kappa shape index (κ3) is 2.53. The van der Waals surface area contributed by atoms with Crippen molar-refractivity contribution in [1.29, 1.82) is 0 Å². The molecule has 2 unspecified atom stereocenters. The van der Waals surface area contributed by atoms with Gasteiger partial charge in [0.2, 0.25) is 0 Å². The van der Waals surface area contributed by atoms with Gasteiger partial charge in [0.25, 0.3) is 5.95 Å². The van der Waals surface area contributed by atoms with Crippen molar-refractivity contribution >= 4 is 5.82 Å². The second kappa shape index (κ2) is 4.55. The Morgan fingerprint density at radius 1 is 1.12 bits per heavy atom. The molecule has 0 aliphatic carbocycles. The lowest BCUT2D eigenvalue weighted by molar-refractivity contribution is 0.350. The Kier molecular flexibility index (Phi) is 3.26. The predicted octanol–water partition coefficient (Wildman–Crippen LogP) is 2.98. The van der Waals surface area contributed by atoms with E-state index in [2.05, 4.69) is 18.8 Å². The third-order valence-electron chi connectivity index (χ3n) is 3.04. The molecule has 2 nitrogen and oxygen atoms in total. The molecule has 0 aromatic carbocycles. The first kappa shape index (κ1) is 12.2. The molecule has 0 spiro atoms. The SMILES string of the molecule is CC1CC(C)CN(c2nc(F)c(F)cc2F)C1. The molecule has 1 fully saturated rings. The van der Waals surface area contributed by atoms with Gasteiger partial charge in [-0.05, 0) is 18.3 Å². The number of anilines is 1. The van der Waals surface area contributed by atoms with E-state index in [0.29, 0.717) is 31.0 Å². The fraction of sp³-hybridized carbons (Fsp3) is 0.583. The molecule has 0 saturated carbocycles. The average molecular weight is 244 g/mol. The van der Waals surface area contributed by atoms with Crippen LogP contribution in [0.2, 0.25) is 0 Å². The molecular formula is C12H15F3N2. The van der Waals surface area contributed by atoms with Gasteiger partial charge >= 0.3 is 0 Å². The number of aromatic nitrogens is 1. The molecule has 1 aromatic rings. The molecule has 2 atom stereocenters. The number of nitrogens with zero attached hydrogens (tertiary/aromatic N) is 2. The van der Waals surface area contributed by atoms with E-state index in [4.69, 9.17) is 0 Å². The minimum absolute atomic E-state index is 0.0812. The normalized spacial score (nSPS) is 25.1. The first-order valence-corrected chi connectivity index (χ1v) is 5.74. The molecule has 0 bridgehead atoms. The van der Waals surface area contributed by atoms with Crippen molar-refractivity contribution in [3.63, 3.8) is 0 Å². The van der Waals surface area contributed by atoms with Crippen LogP contribution in [-0.2, 0) is 0 Å². The number of pyridine rings is 1. The predicted molar refractivity (Wildman–Crippen MR) is 59.3 cm³/mol. The molecule has 94 valence electrons. The molecule has 1 saturated heterocycles. The lowest BCUT2D eigenvalue weighted by Gasteiger charge is -2.35. The summed E-state index contributed by atoms with van der Waals surface area (Å²) in [5.41, 5.74) is 0. The molecular weight excluding hydrogens is 229 g/mol. The molecule has 0 radical (unpaired) electrons. The van der Waals surface area contributed by atoms with Crippen LogP contribution < -0.4 is 4.90 Å². The van der Waals surface area contributed by atoms with E-state index in [0.717, 1.165) is 6.42 Å². The molecule has 2 heterocycles. The van der Waals surface area contributed by atoms with Gasteiger partial charge in [-0.25, -0.2) is 8.78 Å². The number of hydrogen-bond donors (Lipinski definition) is 0. The highest BCUT2D eigenvalue weighted by molar-refractivity contribution is 5.40. The van der Waals surface area contributed by atoms with Gasteiger partial charge in [0.15, 0.2) is 17.5 Å². The summed E-state index contributed by atoms with van der Waals surface area (Å²) in [5.74, 6) is -2.58. The summed E-state index contributed by atoms with van der Waals surface area (Å²) >= 11 is 0. The molecule has 1 aliphatic heterocycles. The van der Waals surface area contributed by atoms with Crippen LogP contribution in [0.25, 0.3) is 0 Å². The topological polar surface area (TPSA) is 16.1 Å². The first-order chi connectivity index (χ1) is 7.97. The smallest absolute Gasteiger partial charge is 0.251 e. The van der Waals surface area contributed by atoms with Crippen molar-refractivity contribution in [1.82, 2.24) is 4.98 Å². The average Bonchev–Trinajstić information content (AvgIpc) is 2.22. The Hall–Kier alpha value is -1.26. The number of piperidine rings is 1. The van der Waals surface area contributed by atoms with Crippen molar-refractivity contribution in [2.75, 3.05) is 18.0 Å². The maximum atomic E-state index is 13.6. The van der Waals surface area contributed by atoms with Crippen LogP contribution in [0.1, 0.15) is 20.3 Å².